The van der Waals surface area contributed by atoms with Crippen LogP contribution < -0.4 is 5.32 Å². The van der Waals surface area contributed by atoms with Crippen molar-refractivity contribution in [2.24, 2.45) is 17.8 Å². The minimum absolute atomic E-state index is 0.901. The van der Waals surface area contributed by atoms with Crippen molar-refractivity contribution in [1.29, 1.82) is 0 Å². The summed E-state index contributed by atoms with van der Waals surface area (Å²) in [7, 11) is 0. The second-order valence-electron chi connectivity index (χ2n) is 5.36. The Labute approximate surface area is 88.1 Å². The highest BCUT2D eigenvalue weighted by Crippen LogP contribution is 2.27. The Balaban J connectivity index is 1.52. The summed E-state index contributed by atoms with van der Waals surface area (Å²) in [6.45, 7) is 11.1. The summed E-state index contributed by atoms with van der Waals surface area (Å²) in [5.41, 5.74) is 0. The van der Waals surface area contributed by atoms with Crippen LogP contribution in [0.15, 0.2) is 0 Å². The normalized spacial score (nSPS) is 33.9. The largest absolute Gasteiger partial charge is 0.315 e. The molecule has 2 heteroatoms. The van der Waals surface area contributed by atoms with Crippen LogP contribution in [0.2, 0.25) is 0 Å². The molecule has 0 amide bonds. The smallest absolute Gasteiger partial charge is 0.0107 e. The monoisotopic (exact) mass is 196 g/mol. The predicted octanol–water partition coefficient (Wildman–Crippen LogP) is 1.57. The van der Waals surface area contributed by atoms with Gasteiger partial charge in [-0.15, -0.1) is 0 Å². The Morgan fingerprint density at radius 2 is 1.79 bits per heavy atom. The average Bonchev–Trinajstić information content (AvgIpc) is 2.90. The van der Waals surface area contributed by atoms with Crippen molar-refractivity contribution in [1.82, 2.24) is 10.2 Å². The number of rotatable bonds is 5. The maximum Gasteiger partial charge on any atom is 0.0107 e. The summed E-state index contributed by atoms with van der Waals surface area (Å²) in [5, 5.41) is 3.56. The van der Waals surface area contributed by atoms with Gasteiger partial charge >= 0.3 is 0 Å². The van der Waals surface area contributed by atoms with E-state index < -0.39 is 0 Å². The lowest BCUT2D eigenvalue weighted by Crippen LogP contribution is -2.31. The Kier molecular flexibility index (Phi) is 3.45. The van der Waals surface area contributed by atoms with Crippen LogP contribution in [-0.4, -0.2) is 37.6 Å². The molecule has 2 fully saturated rings. The molecule has 2 unspecified atom stereocenters. The Morgan fingerprint density at radius 3 is 2.36 bits per heavy atom. The molecule has 2 rings (SSSR count). The molecule has 2 nitrogen and oxygen atoms in total. The molecule has 1 saturated carbocycles. The molecule has 0 aromatic carbocycles. The van der Waals surface area contributed by atoms with Crippen LogP contribution >= 0.6 is 0 Å². The molecule has 0 aromatic rings. The molecule has 14 heavy (non-hydrogen) atoms. The van der Waals surface area contributed by atoms with Crippen LogP contribution in [0.1, 0.15) is 26.7 Å². The van der Waals surface area contributed by atoms with Crippen LogP contribution in [0.25, 0.3) is 0 Å². The summed E-state index contributed by atoms with van der Waals surface area (Å²) in [6.07, 6.45) is 2.93. The van der Waals surface area contributed by atoms with Crippen molar-refractivity contribution >= 4 is 0 Å². The van der Waals surface area contributed by atoms with Crippen molar-refractivity contribution in [2.45, 2.75) is 26.7 Å². The van der Waals surface area contributed by atoms with Gasteiger partial charge in [0.15, 0.2) is 0 Å². The van der Waals surface area contributed by atoms with Crippen LogP contribution in [-0.2, 0) is 0 Å². The van der Waals surface area contributed by atoms with E-state index in [1.54, 1.807) is 0 Å². The molecule has 1 aliphatic heterocycles. The molecule has 82 valence electrons. The minimum atomic E-state index is 0.901. The molecular weight excluding hydrogens is 172 g/mol. The number of hydrogen-bond donors (Lipinski definition) is 1. The van der Waals surface area contributed by atoms with E-state index in [1.807, 2.05) is 0 Å². The number of hydrogen-bond acceptors (Lipinski definition) is 2. The van der Waals surface area contributed by atoms with E-state index in [4.69, 9.17) is 0 Å². The lowest BCUT2D eigenvalue weighted by molar-refractivity contribution is 0.321. The van der Waals surface area contributed by atoms with Gasteiger partial charge in [0.05, 0.1) is 0 Å². The summed E-state index contributed by atoms with van der Waals surface area (Å²) >= 11 is 0. The second-order valence-corrected chi connectivity index (χ2v) is 5.36. The molecule has 2 atom stereocenters. The lowest BCUT2D eigenvalue weighted by atomic mass is 10.0. The van der Waals surface area contributed by atoms with E-state index in [0.29, 0.717) is 0 Å². The van der Waals surface area contributed by atoms with Crippen molar-refractivity contribution in [3.8, 4) is 0 Å². The van der Waals surface area contributed by atoms with Gasteiger partial charge in [0.25, 0.3) is 0 Å². The van der Waals surface area contributed by atoms with E-state index in [0.717, 1.165) is 17.8 Å². The van der Waals surface area contributed by atoms with Gasteiger partial charge in [-0.05, 0) is 37.1 Å². The summed E-state index contributed by atoms with van der Waals surface area (Å²) < 4.78 is 0. The lowest BCUT2D eigenvalue weighted by Gasteiger charge is -2.15. The van der Waals surface area contributed by atoms with Gasteiger partial charge < -0.3 is 10.2 Å². The third-order valence-corrected chi connectivity index (χ3v) is 3.80. The standard InChI is InChI=1S/C12H24N2/c1-10-8-14(9-11(10)2)6-5-13-7-12-3-4-12/h10-13H,3-9H2,1-2H3. The van der Waals surface area contributed by atoms with E-state index >= 15 is 0 Å². The van der Waals surface area contributed by atoms with Crippen LogP contribution in [0.4, 0.5) is 0 Å². The van der Waals surface area contributed by atoms with Crippen LogP contribution in [0, 0.1) is 17.8 Å². The molecule has 1 heterocycles. The average molecular weight is 196 g/mol. The molecule has 2 aliphatic rings. The number of likely N-dealkylation sites (tertiary alicyclic amines) is 1. The maximum absolute atomic E-state index is 3.56. The van der Waals surface area contributed by atoms with Crippen molar-refractivity contribution < 1.29 is 0 Å². The van der Waals surface area contributed by atoms with Gasteiger partial charge in [-0.1, -0.05) is 13.8 Å². The maximum atomic E-state index is 3.56. The minimum Gasteiger partial charge on any atom is -0.315 e. The van der Waals surface area contributed by atoms with E-state index in [1.165, 1.54) is 45.6 Å². The van der Waals surface area contributed by atoms with E-state index in [2.05, 4.69) is 24.1 Å². The highest BCUT2D eigenvalue weighted by molar-refractivity contribution is 4.79. The first-order valence-corrected chi connectivity index (χ1v) is 6.19. The molecule has 0 bridgehead atoms. The molecule has 1 saturated heterocycles. The topological polar surface area (TPSA) is 15.3 Å². The van der Waals surface area contributed by atoms with Crippen molar-refractivity contribution in [3.05, 3.63) is 0 Å². The van der Waals surface area contributed by atoms with Crippen LogP contribution in [0.3, 0.4) is 0 Å². The zero-order valence-corrected chi connectivity index (χ0v) is 9.63. The zero-order chi connectivity index (χ0) is 9.97. The van der Waals surface area contributed by atoms with Gasteiger partial charge in [-0.3, -0.25) is 0 Å². The van der Waals surface area contributed by atoms with Gasteiger partial charge in [-0.2, -0.15) is 0 Å². The fourth-order valence-corrected chi connectivity index (χ4v) is 2.30. The van der Waals surface area contributed by atoms with Gasteiger partial charge in [0, 0.05) is 26.2 Å². The molecule has 0 radical (unpaired) electrons. The van der Waals surface area contributed by atoms with Crippen LogP contribution in [0.5, 0.6) is 0 Å². The summed E-state index contributed by atoms with van der Waals surface area (Å²) in [6, 6.07) is 0. The Bertz CT molecular complexity index is 167. The predicted molar refractivity (Wildman–Crippen MR) is 60.4 cm³/mol. The fraction of sp³-hybridized carbons (Fsp3) is 1.00. The highest BCUT2D eigenvalue weighted by Gasteiger charge is 2.25. The number of nitrogens with zero attached hydrogens (tertiary/aromatic N) is 1. The van der Waals surface area contributed by atoms with Crippen molar-refractivity contribution in [3.63, 3.8) is 0 Å². The van der Waals surface area contributed by atoms with Crippen molar-refractivity contribution in [2.75, 3.05) is 32.7 Å². The Morgan fingerprint density at radius 1 is 1.14 bits per heavy atom. The highest BCUT2D eigenvalue weighted by atomic mass is 15.2. The summed E-state index contributed by atoms with van der Waals surface area (Å²) in [4.78, 5) is 2.61. The fourth-order valence-electron chi connectivity index (χ4n) is 2.30. The second kappa shape index (κ2) is 4.63. The molecule has 1 N–H and O–H groups in total. The first-order valence-electron chi connectivity index (χ1n) is 6.19. The van der Waals surface area contributed by atoms with Gasteiger partial charge in [0.1, 0.15) is 0 Å². The zero-order valence-electron chi connectivity index (χ0n) is 9.63. The quantitative estimate of drug-likeness (QED) is 0.672. The SMILES string of the molecule is CC1CN(CCNCC2CC2)CC1C. The first-order chi connectivity index (χ1) is 6.75. The first kappa shape index (κ1) is 10.4. The van der Waals surface area contributed by atoms with E-state index in [-0.39, 0.29) is 0 Å². The molecule has 0 aromatic heterocycles. The Hall–Kier alpha value is -0.0800. The van der Waals surface area contributed by atoms with Gasteiger partial charge in [-0.25, -0.2) is 0 Å². The summed E-state index contributed by atoms with van der Waals surface area (Å²) in [5.74, 6) is 2.82. The third-order valence-electron chi connectivity index (χ3n) is 3.80. The third kappa shape index (κ3) is 2.96. The molecule has 0 spiro atoms. The van der Waals surface area contributed by atoms with Gasteiger partial charge in [0.2, 0.25) is 0 Å². The molecular formula is C12H24N2. The molecule has 1 aliphatic carbocycles. The van der Waals surface area contributed by atoms with E-state index in [9.17, 15) is 0 Å². The number of nitrogens with one attached hydrogen (secondary N) is 1.